The molecule has 3 aromatic rings. The summed E-state index contributed by atoms with van der Waals surface area (Å²) >= 11 is 0. The molecule has 0 saturated carbocycles. The standard InChI is InChI=1S/C21H20O5/c1-4-24-21(23)14(3)25-18-11-10-16-17(15-8-6-5-7-9-15)12-19(22)26-20(16)13(18)2/h5-12,14H,4H2,1-3H3. The summed E-state index contributed by atoms with van der Waals surface area (Å²) in [4.78, 5) is 23.9. The molecule has 134 valence electrons. The molecule has 5 heteroatoms. The van der Waals surface area contributed by atoms with Crippen molar-refractivity contribution in [1.82, 2.24) is 0 Å². The van der Waals surface area contributed by atoms with Gasteiger partial charge in [-0.2, -0.15) is 0 Å². The maximum atomic E-state index is 12.1. The van der Waals surface area contributed by atoms with Gasteiger partial charge in [0.05, 0.1) is 6.61 Å². The maximum absolute atomic E-state index is 12.1. The quantitative estimate of drug-likeness (QED) is 0.511. The van der Waals surface area contributed by atoms with Crippen LogP contribution < -0.4 is 10.4 Å². The van der Waals surface area contributed by atoms with Gasteiger partial charge in [-0.1, -0.05) is 30.3 Å². The largest absolute Gasteiger partial charge is 0.479 e. The van der Waals surface area contributed by atoms with Crippen LogP contribution in [0.3, 0.4) is 0 Å². The van der Waals surface area contributed by atoms with E-state index in [2.05, 4.69) is 0 Å². The number of carbonyl (C=O) groups excluding carboxylic acids is 1. The molecule has 0 N–H and O–H groups in total. The summed E-state index contributed by atoms with van der Waals surface area (Å²) in [6.45, 7) is 5.45. The number of aryl methyl sites for hydroxylation is 1. The highest BCUT2D eigenvalue weighted by Crippen LogP contribution is 2.33. The van der Waals surface area contributed by atoms with Crippen molar-refractivity contribution in [3.8, 4) is 16.9 Å². The van der Waals surface area contributed by atoms with Gasteiger partial charge in [-0.3, -0.25) is 0 Å². The van der Waals surface area contributed by atoms with E-state index in [0.717, 1.165) is 16.5 Å². The van der Waals surface area contributed by atoms with Crippen molar-refractivity contribution in [3.63, 3.8) is 0 Å². The monoisotopic (exact) mass is 352 g/mol. The van der Waals surface area contributed by atoms with Crippen LogP contribution in [0.1, 0.15) is 19.4 Å². The molecule has 3 rings (SSSR count). The van der Waals surface area contributed by atoms with Crippen LogP contribution in [-0.2, 0) is 9.53 Å². The third kappa shape index (κ3) is 3.47. The molecule has 0 radical (unpaired) electrons. The fraction of sp³-hybridized carbons (Fsp3) is 0.238. The lowest BCUT2D eigenvalue weighted by Gasteiger charge is -2.16. The molecule has 0 amide bonds. The van der Waals surface area contributed by atoms with E-state index in [9.17, 15) is 9.59 Å². The summed E-state index contributed by atoms with van der Waals surface area (Å²) < 4.78 is 16.1. The maximum Gasteiger partial charge on any atom is 0.347 e. The van der Waals surface area contributed by atoms with E-state index in [1.165, 1.54) is 6.07 Å². The molecule has 0 fully saturated rings. The fourth-order valence-electron chi connectivity index (χ4n) is 2.83. The molecular formula is C21H20O5. The molecular weight excluding hydrogens is 332 g/mol. The zero-order chi connectivity index (χ0) is 18.7. The normalized spacial score (nSPS) is 12.0. The van der Waals surface area contributed by atoms with E-state index in [1.54, 1.807) is 26.8 Å². The Hall–Kier alpha value is -3.08. The molecule has 0 saturated heterocycles. The lowest BCUT2D eigenvalue weighted by molar-refractivity contribution is -0.150. The van der Waals surface area contributed by atoms with Crippen LogP contribution in [0, 0.1) is 6.92 Å². The van der Waals surface area contributed by atoms with Crippen LogP contribution in [0.25, 0.3) is 22.1 Å². The van der Waals surface area contributed by atoms with Crippen LogP contribution in [0.15, 0.2) is 57.7 Å². The summed E-state index contributed by atoms with van der Waals surface area (Å²) in [5.41, 5.74) is 2.40. The second-order valence-electron chi connectivity index (χ2n) is 5.92. The van der Waals surface area contributed by atoms with Crippen molar-refractivity contribution in [2.24, 2.45) is 0 Å². The molecule has 0 bridgehead atoms. The number of rotatable bonds is 5. The third-order valence-electron chi connectivity index (χ3n) is 4.12. The molecule has 1 aromatic heterocycles. The minimum Gasteiger partial charge on any atom is -0.479 e. The smallest absolute Gasteiger partial charge is 0.347 e. The Kier molecular flexibility index (Phi) is 5.07. The number of ether oxygens (including phenoxy) is 2. The van der Waals surface area contributed by atoms with Gasteiger partial charge in [0.25, 0.3) is 0 Å². The van der Waals surface area contributed by atoms with E-state index >= 15 is 0 Å². The Balaban J connectivity index is 2.07. The Bertz CT molecular complexity index is 988. The topological polar surface area (TPSA) is 65.7 Å². The predicted octanol–water partition coefficient (Wildman–Crippen LogP) is 4.10. The number of hydrogen-bond donors (Lipinski definition) is 0. The molecule has 0 aliphatic heterocycles. The first-order valence-electron chi connectivity index (χ1n) is 8.47. The van der Waals surface area contributed by atoms with Gasteiger partial charge in [-0.25, -0.2) is 9.59 Å². The number of benzene rings is 2. The van der Waals surface area contributed by atoms with Crippen molar-refractivity contribution in [3.05, 3.63) is 64.5 Å². The van der Waals surface area contributed by atoms with E-state index in [1.807, 2.05) is 36.4 Å². The fourth-order valence-corrected chi connectivity index (χ4v) is 2.83. The second-order valence-corrected chi connectivity index (χ2v) is 5.92. The molecule has 0 aliphatic rings. The minimum absolute atomic E-state index is 0.290. The number of carbonyl (C=O) groups is 1. The van der Waals surface area contributed by atoms with Crippen molar-refractivity contribution in [1.29, 1.82) is 0 Å². The van der Waals surface area contributed by atoms with E-state index in [0.29, 0.717) is 23.5 Å². The number of esters is 1. The molecule has 1 heterocycles. The van der Waals surface area contributed by atoms with Crippen molar-refractivity contribution in [2.75, 3.05) is 6.61 Å². The molecule has 0 spiro atoms. The minimum atomic E-state index is -0.755. The van der Waals surface area contributed by atoms with Gasteiger partial charge in [0.2, 0.25) is 0 Å². The average Bonchev–Trinajstić information content (AvgIpc) is 2.64. The van der Waals surface area contributed by atoms with E-state index < -0.39 is 17.7 Å². The highest BCUT2D eigenvalue weighted by Gasteiger charge is 2.19. The SMILES string of the molecule is CCOC(=O)C(C)Oc1ccc2c(-c3ccccc3)cc(=O)oc2c1C. The van der Waals surface area contributed by atoms with Crippen LogP contribution in [0.5, 0.6) is 5.75 Å². The van der Waals surface area contributed by atoms with Gasteiger partial charge >= 0.3 is 11.6 Å². The molecule has 1 unspecified atom stereocenters. The first kappa shape index (κ1) is 17.7. The summed E-state index contributed by atoms with van der Waals surface area (Å²) in [6.07, 6.45) is -0.755. The Labute approximate surface area is 151 Å². The molecule has 26 heavy (non-hydrogen) atoms. The zero-order valence-electron chi connectivity index (χ0n) is 14.9. The summed E-state index contributed by atoms with van der Waals surface area (Å²) in [5.74, 6) is 0.0397. The number of hydrogen-bond acceptors (Lipinski definition) is 5. The molecule has 5 nitrogen and oxygen atoms in total. The second kappa shape index (κ2) is 7.44. The summed E-state index contributed by atoms with van der Waals surface area (Å²) in [7, 11) is 0. The molecule has 0 aliphatic carbocycles. The average molecular weight is 352 g/mol. The van der Waals surface area contributed by atoms with Gasteiger partial charge in [-0.15, -0.1) is 0 Å². The van der Waals surface area contributed by atoms with Gasteiger partial charge in [0.1, 0.15) is 11.3 Å². The lowest BCUT2D eigenvalue weighted by Crippen LogP contribution is -2.26. The predicted molar refractivity (Wildman–Crippen MR) is 99.4 cm³/mol. The zero-order valence-corrected chi connectivity index (χ0v) is 14.9. The third-order valence-corrected chi connectivity index (χ3v) is 4.12. The van der Waals surface area contributed by atoms with Gasteiger partial charge in [-0.05, 0) is 44.0 Å². The highest BCUT2D eigenvalue weighted by atomic mass is 16.6. The van der Waals surface area contributed by atoms with Crippen LogP contribution in [0.4, 0.5) is 0 Å². The Morgan fingerprint density at radius 1 is 1.15 bits per heavy atom. The summed E-state index contributed by atoms with van der Waals surface area (Å²) in [5, 5.41) is 0.810. The number of fused-ring (bicyclic) bond motifs is 1. The molecule has 1 atom stereocenters. The first-order chi connectivity index (χ1) is 12.5. The Morgan fingerprint density at radius 3 is 2.58 bits per heavy atom. The van der Waals surface area contributed by atoms with Gasteiger partial charge in [0.15, 0.2) is 6.10 Å². The first-order valence-corrected chi connectivity index (χ1v) is 8.47. The van der Waals surface area contributed by atoms with Crippen molar-refractivity contribution < 1.29 is 18.7 Å². The lowest BCUT2D eigenvalue weighted by atomic mass is 10.00. The van der Waals surface area contributed by atoms with Crippen LogP contribution in [0.2, 0.25) is 0 Å². The van der Waals surface area contributed by atoms with E-state index in [4.69, 9.17) is 13.9 Å². The van der Waals surface area contributed by atoms with E-state index in [-0.39, 0.29) is 0 Å². The molecule has 2 aromatic carbocycles. The highest BCUT2D eigenvalue weighted by molar-refractivity contribution is 5.95. The van der Waals surface area contributed by atoms with Gasteiger partial charge < -0.3 is 13.9 Å². The summed E-state index contributed by atoms with van der Waals surface area (Å²) in [6, 6.07) is 14.7. The van der Waals surface area contributed by atoms with Gasteiger partial charge in [0, 0.05) is 17.0 Å². The van der Waals surface area contributed by atoms with Crippen LogP contribution in [-0.4, -0.2) is 18.7 Å². The van der Waals surface area contributed by atoms with Crippen molar-refractivity contribution in [2.45, 2.75) is 26.9 Å². The Morgan fingerprint density at radius 2 is 1.88 bits per heavy atom. The van der Waals surface area contributed by atoms with Crippen molar-refractivity contribution >= 4 is 16.9 Å². The van der Waals surface area contributed by atoms with Crippen LogP contribution >= 0.6 is 0 Å².